The Kier molecular flexibility index (Phi) is 6.61. The number of allylic oxidation sites excluding steroid dienone is 1. The van der Waals surface area contributed by atoms with Gasteiger partial charge in [0.15, 0.2) is 16.8 Å². The van der Waals surface area contributed by atoms with E-state index in [1.165, 1.54) is 18.7 Å². The maximum absolute atomic E-state index is 12.6. The van der Waals surface area contributed by atoms with Crippen molar-refractivity contribution in [2.45, 2.75) is 30.8 Å². The second kappa shape index (κ2) is 9.34. The van der Waals surface area contributed by atoms with Crippen LogP contribution in [0.25, 0.3) is 11.4 Å². The van der Waals surface area contributed by atoms with Crippen molar-refractivity contribution in [1.82, 2.24) is 14.8 Å². The zero-order valence-corrected chi connectivity index (χ0v) is 17.1. The lowest BCUT2D eigenvalue weighted by Gasteiger charge is -2.13. The maximum atomic E-state index is 12.6. The molecule has 0 spiro atoms. The summed E-state index contributed by atoms with van der Waals surface area (Å²) in [5.41, 5.74) is 2.10. The molecular formula is C22H22N4O2S. The van der Waals surface area contributed by atoms with Crippen LogP contribution in [0.1, 0.15) is 24.2 Å². The van der Waals surface area contributed by atoms with Crippen molar-refractivity contribution in [3.8, 4) is 11.4 Å². The molecule has 0 bridgehead atoms. The van der Waals surface area contributed by atoms with Gasteiger partial charge in [0.2, 0.25) is 5.91 Å². The lowest BCUT2D eigenvalue weighted by atomic mass is 10.1. The van der Waals surface area contributed by atoms with E-state index in [0.29, 0.717) is 23.0 Å². The zero-order valence-electron chi connectivity index (χ0n) is 16.3. The van der Waals surface area contributed by atoms with E-state index in [4.69, 9.17) is 0 Å². The summed E-state index contributed by atoms with van der Waals surface area (Å²) < 4.78 is 1.94. The van der Waals surface area contributed by atoms with Crippen LogP contribution in [0.3, 0.4) is 0 Å². The number of thioether (sulfide) groups is 1. The minimum atomic E-state index is -0.410. The van der Waals surface area contributed by atoms with Crippen LogP contribution in [0.15, 0.2) is 72.4 Å². The number of amides is 1. The van der Waals surface area contributed by atoms with E-state index in [1.807, 2.05) is 41.8 Å². The average molecular weight is 407 g/mol. The summed E-state index contributed by atoms with van der Waals surface area (Å²) >= 11 is 1.33. The summed E-state index contributed by atoms with van der Waals surface area (Å²) in [7, 11) is 0. The van der Waals surface area contributed by atoms with Gasteiger partial charge >= 0.3 is 0 Å². The number of Topliss-reactive ketones (excluding diaryl/α,β-unsaturated/α-hetero) is 1. The second-order valence-corrected chi connectivity index (χ2v) is 7.77. The van der Waals surface area contributed by atoms with Crippen LogP contribution in [0.4, 0.5) is 5.69 Å². The smallest absolute Gasteiger partial charge is 0.237 e. The van der Waals surface area contributed by atoms with Gasteiger partial charge in [-0.25, -0.2) is 0 Å². The fourth-order valence-electron chi connectivity index (χ4n) is 2.74. The van der Waals surface area contributed by atoms with Gasteiger partial charge in [0.05, 0.1) is 5.25 Å². The molecule has 2 aromatic carbocycles. The Hall–Kier alpha value is -3.19. The largest absolute Gasteiger partial charge is 0.325 e. The molecule has 0 aliphatic rings. The van der Waals surface area contributed by atoms with Crippen molar-refractivity contribution < 1.29 is 9.59 Å². The Balaban J connectivity index is 1.76. The molecule has 0 saturated heterocycles. The molecule has 0 saturated carbocycles. The van der Waals surface area contributed by atoms with Gasteiger partial charge in [-0.3, -0.25) is 14.2 Å². The van der Waals surface area contributed by atoms with E-state index in [0.717, 1.165) is 11.4 Å². The number of hydrogen-bond acceptors (Lipinski definition) is 5. The quantitative estimate of drug-likeness (QED) is 0.340. The van der Waals surface area contributed by atoms with Gasteiger partial charge in [0.25, 0.3) is 0 Å². The highest BCUT2D eigenvalue weighted by atomic mass is 32.2. The second-order valence-electron chi connectivity index (χ2n) is 6.46. The van der Waals surface area contributed by atoms with Crippen LogP contribution >= 0.6 is 11.8 Å². The lowest BCUT2D eigenvalue weighted by molar-refractivity contribution is -0.115. The summed E-state index contributed by atoms with van der Waals surface area (Å²) in [5.74, 6) is 0.509. The number of aromatic nitrogens is 3. The van der Waals surface area contributed by atoms with Crippen LogP contribution in [-0.2, 0) is 11.3 Å². The highest BCUT2D eigenvalue weighted by Gasteiger charge is 2.20. The predicted octanol–water partition coefficient (Wildman–Crippen LogP) is 4.45. The first-order chi connectivity index (χ1) is 14.0. The molecule has 0 fully saturated rings. The highest BCUT2D eigenvalue weighted by molar-refractivity contribution is 8.00. The SMILES string of the molecule is C=CCn1c(S[C@@H](C)C(=O)Nc2cccc(C(C)=O)c2)nnc1-c1ccccc1. The van der Waals surface area contributed by atoms with Crippen LogP contribution in [0.2, 0.25) is 0 Å². The number of carbonyl (C=O) groups excluding carboxylic acids is 2. The summed E-state index contributed by atoms with van der Waals surface area (Å²) in [6, 6.07) is 16.7. The first-order valence-electron chi connectivity index (χ1n) is 9.17. The molecule has 1 atom stereocenters. The Labute approximate surface area is 174 Å². The van der Waals surface area contributed by atoms with Gasteiger partial charge in [-0.2, -0.15) is 0 Å². The van der Waals surface area contributed by atoms with Crippen LogP contribution in [0, 0.1) is 0 Å². The average Bonchev–Trinajstić information content (AvgIpc) is 3.11. The van der Waals surface area contributed by atoms with Crippen molar-refractivity contribution >= 4 is 29.1 Å². The van der Waals surface area contributed by atoms with Gasteiger partial charge in [-0.1, -0.05) is 60.3 Å². The summed E-state index contributed by atoms with van der Waals surface area (Å²) in [5, 5.41) is 11.7. The standard InChI is InChI=1S/C22H22N4O2S/c1-4-13-26-20(17-9-6-5-7-10-17)24-25-22(26)29-16(3)21(28)23-19-12-8-11-18(14-19)15(2)27/h4-12,14,16H,1,13H2,2-3H3,(H,23,28)/t16-/m0/s1. The number of anilines is 1. The van der Waals surface area contributed by atoms with Gasteiger partial charge in [0.1, 0.15) is 0 Å². The van der Waals surface area contributed by atoms with Crippen molar-refractivity contribution in [2.24, 2.45) is 0 Å². The Morgan fingerprint density at radius 3 is 2.62 bits per heavy atom. The molecule has 3 aromatic rings. The molecule has 0 aliphatic heterocycles. The fourth-order valence-corrected chi connectivity index (χ4v) is 3.60. The molecule has 0 unspecified atom stereocenters. The maximum Gasteiger partial charge on any atom is 0.237 e. The topological polar surface area (TPSA) is 76.9 Å². The molecule has 0 aliphatic carbocycles. The van der Waals surface area contributed by atoms with E-state index < -0.39 is 5.25 Å². The van der Waals surface area contributed by atoms with E-state index >= 15 is 0 Å². The molecule has 1 N–H and O–H groups in total. The van der Waals surface area contributed by atoms with E-state index in [1.54, 1.807) is 30.3 Å². The molecule has 3 rings (SSSR count). The van der Waals surface area contributed by atoms with Crippen molar-refractivity contribution in [3.05, 3.63) is 72.8 Å². The Bertz CT molecular complexity index is 1030. The number of ketones is 1. The van der Waals surface area contributed by atoms with E-state index in [2.05, 4.69) is 22.1 Å². The third-order valence-electron chi connectivity index (χ3n) is 4.25. The third-order valence-corrected chi connectivity index (χ3v) is 5.33. The molecule has 6 nitrogen and oxygen atoms in total. The molecule has 0 radical (unpaired) electrons. The lowest BCUT2D eigenvalue weighted by Crippen LogP contribution is -2.23. The summed E-state index contributed by atoms with van der Waals surface area (Å²) in [4.78, 5) is 24.2. The van der Waals surface area contributed by atoms with Gasteiger partial charge in [0, 0.05) is 23.4 Å². The van der Waals surface area contributed by atoms with E-state index in [9.17, 15) is 9.59 Å². The van der Waals surface area contributed by atoms with Crippen LogP contribution in [0.5, 0.6) is 0 Å². The van der Waals surface area contributed by atoms with Gasteiger partial charge in [-0.15, -0.1) is 16.8 Å². The monoisotopic (exact) mass is 406 g/mol. The van der Waals surface area contributed by atoms with E-state index in [-0.39, 0.29) is 11.7 Å². The molecular weight excluding hydrogens is 384 g/mol. The van der Waals surface area contributed by atoms with Crippen LogP contribution < -0.4 is 5.32 Å². The molecule has 1 heterocycles. The molecule has 29 heavy (non-hydrogen) atoms. The number of benzene rings is 2. The van der Waals surface area contributed by atoms with Crippen molar-refractivity contribution in [1.29, 1.82) is 0 Å². The van der Waals surface area contributed by atoms with Crippen LogP contribution in [-0.4, -0.2) is 31.7 Å². The first kappa shape index (κ1) is 20.5. The number of hydrogen-bond donors (Lipinski definition) is 1. The highest BCUT2D eigenvalue weighted by Crippen LogP contribution is 2.27. The summed E-state index contributed by atoms with van der Waals surface area (Å²) in [6.45, 7) is 7.65. The molecule has 148 valence electrons. The fraction of sp³-hybridized carbons (Fsp3) is 0.182. The number of nitrogens with one attached hydrogen (secondary N) is 1. The summed E-state index contributed by atoms with van der Waals surface area (Å²) in [6.07, 6.45) is 1.78. The Morgan fingerprint density at radius 1 is 1.17 bits per heavy atom. The van der Waals surface area contributed by atoms with Gasteiger partial charge < -0.3 is 5.32 Å². The van der Waals surface area contributed by atoms with Gasteiger partial charge in [-0.05, 0) is 26.0 Å². The first-order valence-corrected chi connectivity index (χ1v) is 10.1. The third kappa shape index (κ3) is 5.00. The molecule has 7 heteroatoms. The number of rotatable bonds is 8. The minimum absolute atomic E-state index is 0.0468. The normalized spacial score (nSPS) is 11.7. The minimum Gasteiger partial charge on any atom is -0.325 e. The van der Waals surface area contributed by atoms with Crippen molar-refractivity contribution in [2.75, 3.05) is 5.32 Å². The molecule has 1 aromatic heterocycles. The zero-order chi connectivity index (χ0) is 20.8. The Morgan fingerprint density at radius 2 is 1.93 bits per heavy atom. The van der Waals surface area contributed by atoms with Crippen molar-refractivity contribution in [3.63, 3.8) is 0 Å². The number of carbonyl (C=O) groups is 2. The predicted molar refractivity (Wildman–Crippen MR) is 116 cm³/mol. The number of nitrogens with zero attached hydrogens (tertiary/aromatic N) is 3. The molecule has 1 amide bonds.